The van der Waals surface area contributed by atoms with Gasteiger partial charge in [0.1, 0.15) is 12.4 Å². The number of rotatable bonds is 7. The van der Waals surface area contributed by atoms with E-state index in [1.807, 2.05) is 12.1 Å². The molecule has 1 N–H and O–H groups in total. The monoisotopic (exact) mass is 423 g/mol. The predicted octanol–water partition coefficient (Wildman–Crippen LogP) is 2.34. The largest absolute Gasteiger partial charge is 0.344 e. The molecule has 3 aromatic rings. The summed E-state index contributed by atoms with van der Waals surface area (Å²) < 4.78 is 14.9. The number of nitrogens with zero attached hydrogens (tertiary/aromatic N) is 6. The number of tetrazole rings is 1. The van der Waals surface area contributed by atoms with Crippen molar-refractivity contribution in [2.75, 3.05) is 13.1 Å². The molecule has 1 aliphatic rings. The summed E-state index contributed by atoms with van der Waals surface area (Å²) in [7, 11) is 0. The third-order valence-electron chi connectivity index (χ3n) is 5.69. The number of amides is 1. The van der Waals surface area contributed by atoms with Gasteiger partial charge >= 0.3 is 0 Å². The predicted molar refractivity (Wildman–Crippen MR) is 112 cm³/mol. The van der Waals surface area contributed by atoms with Crippen molar-refractivity contribution >= 4 is 5.91 Å². The smallest absolute Gasteiger partial charge is 0.242 e. The lowest BCUT2D eigenvalue weighted by Gasteiger charge is -2.29. The highest BCUT2D eigenvalue weighted by molar-refractivity contribution is 5.76. The van der Waals surface area contributed by atoms with Crippen LogP contribution in [0.5, 0.6) is 0 Å². The van der Waals surface area contributed by atoms with Crippen LogP contribution in [0.15, 0.2) is 48.8 Å². The van der Waals surface area contributed by atoms with Crippen LogP contribution in [0.25, 0.3) is 0 Å². The van der Waals surface area contributed by atoms with Crippen LogP contribution in [0.1, 0.15) is 42.8 Å². The lowest BCUT2D eigenvalue weighted by Crippen LogP contribution is -2.35. The first kappa shape index (κ1) is 21.0. The van der Waals surface area contributed by atoms with Gasteiger partial charge in [-0.05, 0) is 77.7 Å². The van der Waals surface area contributed by atoms with Gasteiger partial charge in [0.25, 0.3) is 0 Å². The van der Waals surface area contributed by atoms with Crippen molar-refractivity contribution < 1.29 is 9.18 Å². The van der Waals surface area contributed by atoms with Crippen LogP contribution in [0, 0.1) is 11.7 Å². The molecule has 0 aliphatic carbocycles. The van der Waals surface area contributed by atoms with Crippen LogP contribution in [-0.2, 0) is 17.9 Å². The normalized spacial score (nSPS) is 16.2. The Labute approximate surface area is 180 Å². The van der Waals surface area contributed by atoms with Gasteiger partial charge in [-0.2, -0.15) is 0 Å². The molecule has 1 fully saturated rings. The summed E-state index contributed by atoms with van der Waals surface area (Å²) in [6.07, 6.45) is 5.65. The molecule has 9 heteroatoms. The molecule has 31 heavy (non-hydrogen) atoms. The zero-order valence-corrected chi connectivity index (χ0v) is 17.5. The van der Waals surface area contributed by atoms with E-state index in [0.29, 0.717) is 12.4 Å². The average Bonchev–Trinajstić information content (AvgIpc) is 3.21. The summed E-state index contributed by atoms with van der Waals surface area (Å²) in [4.78, 5) is 19.2. The minimum absolute atomic E-state index is 0.00928. The topological polar surface area (TPSA) is 88.8 Å². The lowest BCUT2D eigenvalue weighted by atomic mass is 9.99. The van der Waals surface area contributed by atoms with E-state index >= 15 is 0 Å². The molecule has 0 spiro atoms. The molecule has 2 aromatic heterocycles. The van der Waals surface area contributed by atoms with Gasteiger partial charge in [-0.25, -0.2) is 9.07 Å². The Morgan fingerprint density at radius 2 is 1.81 bits per heavy atom. The zero-order chi connectivity index (χ0) is 21.6. The second kappa shape index (κ2) is 9.74. The summed E-state index contributed by atoms with van der Waals surface area (Å²) in [5, 5.41) is 14.9. The van der Waals surface area contributed by atoms with Gasteiger partial charge in [-0.3, -0.25) is 14.7 Å². The number of pyridine rings is 1. The second-order valence-electron chi connectivity index (χ2n) is 8.04. The van der Waals surface area contributed by atoms with E-state index in [2.05, 4.69) is 37.6 Å². The first-order chi connectivity index (χ1) is 15.1. The summed E-state index contributed by atoms with van der Waals surface area (Å²) in [6, 6.07) is 9.33. The standard InChI is InChI=1S/C22H26FN7O/c1-16-8-12-29(13-9-16)14-20-26-27-28-30(20)15-21(31)25-22(18-6-10-24-11-7-18)17-2-4-19(23)5-3-17/h2-7,10-11,16,22H,8-9,12-15H2,1H3,(H,25,31). The number of benzene rings is 1. The van der Waals surface area contributed by atoms with E-state index in [1.165, 1.54) is 12.1 Å². The molecule has 0 radical (unpaired) electrons. The number of hydrogen-bond acceptors (Lipinski definition) is 6. The third-order valence-corrected chi connectivity index (χ3v) is 5.69. The fourth-order valence-corrected chi connectivity index (χ4v) is 3.79. The minimum Gasteiger partial charge on any atom is -0.344 e. The number of likely N-dealkylation sites (tertiary alicyclic amines) is 1. The van der Waals surface area contributed by atoms with Gasteiger partial charge < -0.3 is 5.32 Å². The Balaban J connectivity index is 1.45. The molecule has 1 aromatic carbocycles. The molecule has 0 bridgehead atoms. The quantitative estimate of drug-likeness (QED) is 0.628. The lowest BCUT2D eigenvalue weighted by molar-refractivity contribution is -0.122. The molecule has 1 aliphatic heterocycles. The van der Waals surface area contributed by atoms with Crippen molar-refractivity contribution in [1.82, 2.24) is 35.4 Å². The maximum Gasteiger partial charge on any atom is 0.242 e. The van der Waals surface area contributed by atoms with E-state index in [0.717, 1.165) is 43.0 Å². The Bertz CT molecular complexity index is 985. The van der Waals surface area contributed by atoms with Gasteiger partial charge in [-0.15, -0.1) is 5.10 Å². The minimum atomic E-state index is -0.431. The van der Waals surface area contributed by atoms with Crippen LogP contribution < -0.4 is 5.32 Å². The number of halogens is 1. The van der Waals surface area contributed by atoms with Crippen LogP contribution in [0.3, 0.4) is 0 Å². The molecule has 4 rings (SSSR count). The summed E-state index contributed by atoms with van der Waals surface area (Å²) in [5.74, 6) is 0.863. The number of hydrogen-bond donors (Lipinski definition) is 1. The van der Waals surface area contributed by atoms with Gasteiger partial charge in [0, 0.05) is 12.4 Å². The number of carbonyl (C=O) groups is 1. The van der Waals surface area contributed by atoms with Gasteiger partial charge in [0.15, 0.2) is 5.82 Å². The second-order valence-corrected chi connectivity index (χ2v) is 8.04. The average molecular weight is 423 g/mol. The molecular weight excluding hydrogens is 397 g/mol. The van der Waals surface area contributed by atoms with Gasteiger partial charge in [-0.1, -0.05) is 19.1 Å². The highest BCUT2D eigenvalue weighted by atomic mass is 19.1. The zero-order valence-electron chi connectivity index (χ0n) is 17.5. The Hall–Kier alpha value is -3.20. The molecule has 3 heterocycles. The molecule has 1 unspecified atom stereocenters. The molecule has 162 valence electrons. The SMILES string of the molecule is CC1CCN(Cc2nnnn2CC(=O)NC(c2ccncc2)c2ccc(F)cc2)CC1. The van der Waals surface area contributed by atoms with E-state index in [9.17, 15) is 9.18 Å². The number of nitrogens with one attached hydrogen (secondary N) is 1. The van der Waals surface area contributed by atoms with Crippen molar-refractivity contribution in [3.8, 4) is 0 Å². The van der Waals surface area contributed by atoms with E-state index in [1.54, 1.807) is 29.2 Å². The first-order valence-electron chi connectivity index (χ1n) is 10.5. The van der Waals surface area contributed by atoms with E-state index < -0.39 is 6.04 Å². The maximum absolute atomic E-state index is 13.4. The molecule has 1 atom stereocenters. The first-order valence-corrected chi connectivity index (χ1v) is 10.5. The van der Waals surface area contributed by atoms with Gasteiger partial charge in [0.05, 0.1) is 12.6 Å². The summed E-state index contributed by atoms with van der Waals surface area (Å²) in [5.41, 5.74) is 1.63. The fourth-order valence-electron chi connectivity index (χ4n) is 3.79. The van der Waals surface area contributed by atoms with Crippen LogP contribution in [-0.4, -0.2) is 49.1 Å². The molecule has 0 saturated carbocycles. The van der Waals surface area contributed by atoms with Crippen molar-refractivity contribution in [1.29, 1.82) is 0 Å². The van der Waals surface area contributed by atoms with E-state index in [-0.39, 0.29) is 18.3 Å². The van der Waals surface area contributed by atoms with Gasteiger partial charge in [0.2, 0.25) is 5.91 Å². The number of piperidine rings is 1. The molecule has 1 amide bonds. The number of carbonyl (C=O) groups excluding carboxylic acids is 1. The summed E-state index contributed by atoms with van der Waals surface area (Å²) in [6.45, 7) is 4.92. The molecule has 1 saturated heterocycles. The van der Waals surface area contributed by atoms with Crippen molar-refractivity contribution in [2.45, 2.75) is 38.9 Å². The summed E-state index contributed by atoms with van der Waals surface area (Å²) >= 11 is 0. The Kier molecular flexibility index (Phi) is 6.61. The van der Waals surface area contributed by atoms with Crippen molar-refractivity contribution in [3.05, 3.63) is 71.6 Å². The Morgan fingerprint density at radius 3 is 2.52 bits per heavy atom. The van der Waals surface area contributed by atoms with Crippen LogP contribution in [0.2, 0.25) is 0 Å². The maximum atomic E-state index is 13.4. The fraction of sp³-hybridized carbons (Fsp3) is 0.409. The van der Waals surface area contributed by atoms with Crippen LogP contribution in [0.4, 0.5) is 4.39 Å². The van der Waals surface area contributed by atoms with Crippen LogP contribution >= 0.6 is 0 Å². The third kappa shape index (κ3) is 5.49. The highest BCUT2D eigenvalue weighted by Gasteiger charge is 2.21. The van der Waals surface area contributed by atoms with E-state index in [4.69, 9.17) is 0 Å². The highest BCUT2D eigenvalue weighted by Crippen LogP contribution is 2.22. The molecule has 8 nitrogen and oxygen atoms in total. The number of aromatic nitrogens is 5. The Morgan fingerprint density at radius 1 is 1.13 bits per heavy atom. The van der Waals surface area contributed by atoms with Crippen molar-refractivity contribution in [3.63, 3.8) is 0 Å². The van der Waals surface area contributed by atoms with Crippen molar-refractivity contribution in [2.24, 2.45) is 5.92 Å². The molecular formula is C22H26FN7O.